The summed E-state index contributed by atoms with van der Waals surface area (Å²) in [4.78, 5) is 37.8. The lowest BCUT2D eigenvalue weighted by Crippen LogP contribution is -2.21. The summed E-state index contributed by atoms with van der Waals surface area (Å²) in [5, 5.41) is 10.6. The number of fused-ring (bicyclic) bond motifs is 1. The lowest BCUT2D eigenvalue weighted by atomic mass is 10.0. The zero-order valence-corrected chi connectivity index (χ0v) is 22.4. The van der Waals surface area contributed by atoms with Gasteiger partial charge in [0.2, 0.25) is 0 Å². The Morgan fingerprint density at radius 3 is 2.45 bits per heavy atom. The number of hydrogen-bond donors (Lipinski definition) is 4. The molecule has 218 valence electrons. The molecule has 1 amide bonds. The Morgan fingerprint density at radius 2 is 1.88 bits per heavy atom. The van der Waals surface area contributed by atoms with Crippen LogP contribution in [0, 0.1) is 0 Å². The number of anilines is 2. The molecule has 0 aliphatic rings. The Morgan fingerprint density at radius 1 is 1.17 bits per heavy atom. The van der Waals surface area contributed by atoms with Crippen LogP contribution >= 0.6 is 0 Å². The van der Waals surface area contributed by atoms with E-state index in [4.69, 9.17) is 25.4 Å². The average Bonchev–Trinajstić information content (AvgIpc) is 3.63. The maximum Gasteiger partial charge on any atom is 0.490 e. The number of carbonyl (C=O) groups is 2. The van der Waals surface area contributed by atoms with E-state index in [-0.39, 0.29) is 5.56 Å². The quantitative estimate of drug-likeness (QED) is 0.201. The molecule has 0 aliphatic heterocycles. The number of carboxylic acid groups (broad SMARTS) is 1. The number of methoxy groups -OCH3 is 1. The van der Waals surface area contributed by atoms with Gasteiger partial charge >= 0.3 is 12.1 Å². The molecule has 0 saturated carbocycles. The minimum atomic E-state index is -5.08. The minimum absolute atomic E-state index is 0.271. The van der Waals surface area contributed by atoms with Gasteiger partial charge in [0.05, 0.1) is 24.7 Å². The van der Waals surface area contributed by atoms with Crippen molar-refractivity contribution < 1.29 is 32.6 Å². The number of amides is 1. The van der Waals surface area contributed by atoms with Crippen molar-refractivity contribution >= 4 is 34.4 Å². The van der Waals surface area contributed by atoms with E-state index < -0.39 is 18.1 Å². The van der Waals surface area contributed by atoms with E-state index in [0.29, 0.717) is 29.2 Å². The van der Waals surface area contributed by atoms with Gasteiger partial charge in [-0.05, 0) is 47.9 Å². The number of carbonyl (C=O) groups excluding carboxylic acids is 1. The van der Waals surface area contributed by atoms with Crippen molar-refractivity contribution in [1.29, 1.82) is 0 Å². The topological polar surface area (TPSA) is 161 Å². The molecule has 11 nitrogen and oxygen atoms in total. The predicted molar refractivity (Wildman–Crippen MR) is 149 cm³/mol. The first-order chi connectivity index (χ1) is 20.0. The summed E-state index contributed by atoms with van der Waals surface area (Å²) in [6.45, 7) is 2.79. The molecule has 0 fully saturated rings. The number of nitrogens with zero attached hydrogens (tertiary/aromatic N) is 4. The predicted octanol–water partition coefficient (Wildman–Crippen LogP) is 4.92. The van der Waals surface area contributed by atoms with Crippen molar-refractivity contribution in [3.63, 3.8) is 0 Å². The number of carboxylic acids is 1. The number of hydrogen-bond acceptors (Lipinski definition) is 7. The Bertz CT molecular complexity index is 1700. The molecule has 42 heavy (non-hydrogen) atoms. The van der Waals surface area contributed by atoms with E-state index in [1.165, 1.54) is 6.20 Å². The lowest BCUT2D eigenvalue weighted by Gasteiger charge is -2.17. The molecule has 3 heterocycles. The average molecular weight is 582 g/mol. The smallest absolute Gasteiger partial charge is 0.490 e. The van der Waals surface area contributed by atoms with Crippen LogP contribution in [0.5, 0.6) is 5.75 Å². The molecule has 2 aromatic carbocycles. The summed E-state index contributed by atoms with van der Waals surface area (Å²) in [5.41, 5.74) is 11.6. The number of ether oxygens (including phenoxy) is 1. The minimum Gasteiger partial charge on any atom is -0.497 e. The number of halogens is 3. The van der Waals surface area contributed by atoms with Crippen molar-refractivity contribution in [1.82, 2.24) is 24.5 Å². The highest BCUT2D eigenvalue weighted by Crippen LogP contribution is 2.33. The van der Waals surface area contributed by atoms with Gasteiger partial charge in [-0.15, -0.1) is 0 Å². The second-order valence-electron chi connectivity index (χ2n) is 8.88. The highest BCUT2D eigenvalue weighted by atomic mass is 19.4. The summed E-state index contributed by atoms with van der Waals surface area (Å²) in [6.07, 6.45) is 2.68. The summed E-state index contributed by atoms with van der Waals surface area (Å²) >= 11 is 0. The number of aromatic nitrogens is 5. The van der Waals surface area contributed by atoms with Gasteiger partial charge in [0.1, 0.15) is 17.1 Å². The van der Waals surface area contributed by atoms with E-state index in [9.17, 15) is 18.0 Å². The van der Waals surface area contributed by atoms with Gasteiger partial charge in [0.25, 0.3) is 5.91 Å². The fraction of sp³-hybridized carbons (Fsp3) is 0.179. The van der Waals surface area contributed by atoms with E-state index in [2.05, 4.69) is 33.3 Å². The molecule has 5 N–H and O–H groups in total. The van der Waals surface area contributed by atoms with E-state index in [0.717, 1.165) is 34.5 Å². The van der Waals surface area contributed by atoms with Crippen LogP contribution in [0.1, 0.15) is 28.4 Å². The van der Waals surface area contributed by atoms with Crippen LogP contribution in [0.15, 0.2) is 67.4 Å². The summed E-state index contributed by atoms with van der Waals surface area (Å²) in [6, 6.07) is 13.6. The molecule has 14 heteroatoms. The van der Waals surface area contributed by atoms with Crippen molar-refractivity contribution in [2.24, 2.45) is 5.73 Å². The number of benzene rings is 2. The molecule has 0 radical (unpaired) electrons. The monoisotopic (exact) mass is 581 g/mol. The van der Waals surface area contributed by atoms with Crippen LogP contribution in [0.3, 0.4) is 0 Å². The van der Waals surface area contributed by atoms with Crippen LogP contribution in [-0.4, -0.2) is 54.8 Å². The Labute approximate surface area is 237 Å². The van der Waals surface area contributed by atoms with Crippen molar-refractivity contribution in [2.45, 2.75) is 26.1 Å². The molecule has 0 unspecified atom stereocenters. The fourth-order valence-electron chi connectivity index (χ4n) is 4.18. The standard InChI is InChI=1S/C26H25N7O2.C2HF3O2/c1-3-19-17(14-33-12-11-28-15-33)5-4-6-21(19)30-22-20(24(27)34)13-29-26-23(22)31-25(32-26)16-7-9-18(35-2)10-8-16;3-2(4,5)1(6)7/h4-13,15H,3,14H2,1-2H3,(H2,27,34)(H2,29,30,31,32);(H,6,7). The lowest BCUT2D eigenvalue weighted by molar-refractivity contribution is -0.192. The zero-order valence-electron chi connectivity index (χ0n) is 22.4. The Kier molecular flexibility index (Phi) is 8.74. The third kappa shape index (κ3) is 6.66. The van der Waals surface area contributed by atoms with Crippen LogP contribution in [0.25, 0.3) is 22.6 Å². The first-order valence-corrected chi connectivity index (χ1v) is 12.5. The number of H-pyrrole nitrogens is 1. The number of nitrogens with one attached hydrogen (secondary N) is 2. The molecule has 0 spiro atoms. The number of nitrogens with two attached hydrogens (primary N) is 1. The molecule has 5 aromatic rings. The van der Waals surface area contributed by atoms with Crippen LogP contribution in [0.4, 0.5) is 24.5 Å². The third-order valence-electron chi connectivity index (χ3n) is 6.18. The van der Waals surface area contributed by atoms with Crippen LogP contribution in [-0.2, 0) is 17.8 Å². The third-order valence-corrected chi connectivity index (χ3v) is 6.18. The van der Waals surface area contributed by atoms with Gasteiger partial charge in [-0.2, -0.15) is 13.2 Å². The molecule has 0 atom stereocenters. The normalized spacial score (nSPS) is 11.1. The number of imidazole rings is 2. The summed E-state index contributed by atoms with van der Waals surface area (Å²) < 4.78 is 39.0. The van der Waals surface area contributed by atoms with Gasteiger partial charge in [-0.3, -0.25) is 4.79 Å². The second kappa shape index (κ2) is 12.4. The first kappa shape index (κ1) is 29.6. The van der Waals surface area contributed by atoms with E-state index in [1.54, 1.807) is 19.6 Å². The molecule has 0 bridgehead atoms. The molecule has 5 rings (SSSR count). The number of aromatic amines is 1. The SMILES string of the molecule is CCc1c(Cn2ccnc2)cccc1Nc1c(C(N)=O)cnc2[nH]c(-c3ccc(OC)cc3)nc12.O=C(O)C(F)(F)F. The van der Waals surface area contributed by atoms with Gasteiger partial charge in [-0.25, -0.2) is 19.7 Å². The van der Waals surface area contributed by atoms with E-state index >= 15 is 0 Å². The maximum atomic E-state index is 12.3. The Balaban J connectivity index is 0.000000517. The molecule has 0 saturated heterocycles. The van der Waals surface area contributed by atoms with Crippen molar-refractivity contribution in [2.75, 3.05) is 12.4 Å². The molecule has 0 aliphatic carbocycles. The maximum absolute atomic E-state index is 12.3. The van der Waals surface area contributed by atoms with Crippen molar-refractivity contribution in [3.05, 3.63) is 84.1 Å². The van der Waals surface area contributed by atoms with Gasteiger partial charge in [0.15, 0.2) is 5.65 Å². The van der Waals surface area contributed by atoms with Gasteiger partial charge in [0, 0.05) is 36.4 Å². The van der Waals surface area contributed by atoms with Crippen LogP contribution < -0.4 is 15.8 Å². The second-order valence-corrected chi connectivity index (χ2v) is 8.88. The largest absolute Gasteiger partial charge is 0.497 e. The number of rotatable bonds is 8. The number of aliphatic carboxylic acids is 1. The number of pyridine rings is 1. The number of alkyl halides is 3. The number of primary amides is 1. The molecule has 3 aromatic heterocycles. The van der Waals surface area contributed by atoms with Crippen LogP contribution in [0.2, 0.25) is 0 Å². The van der Waals surface area contributed by atoms with Gasteiger partial charge < -0.3 is 30.4 Å². The fourth-order valence-corrected chi connectivity index (χ4v) is 4.18. The van der Waals surface area contributed by atoms with Crippen molar-refractivity contribution in [3.8, 4) is 17.1 Å². The zero-order chi connectivity index (χ0) is 30.4. The van der Waals surface area contributed by atoms with E-state index in [1.807, 2.05) is 47.2 Å². The molecular weight excluding hydrogens is 555 g/mol. The highest BCUT2D eigenvalue weighted by molar-refractivity contribution is 6.06. The summed E-state index contributed by atoms with van der Waals surface area (Å²) in [7, 11) is 1.62. The highest BCUT2D eigenvalue weighted by Gasteiger charge is 2.38. The molecular formula is C28H26F3N7O4. The Hall–Kier alpha value is -5.40. The summed E-state index contributed by atoms with van der Waals surface area (Å²) in [5.74, 6) is -1.95. The first-order valence-electron chi connectivity index (χ1n) is 12.5. The van der Waals surface area contributed by atoms with Gasteiger partial charge in [-0.1, -0.05) is 19.1 Å².